The topological polar surface area (TPSA) is 97.2 Å². The van der Waals surface area contributed by atoms with Crippen molar-refractivity contribution in [2.75, 3.05) is 11.9 Å². The lowest BCUT2D eigenvalue weighted by Gasteiger charge is -2.25. The highest BCUT2D eigenvalue weighted by Gasteiger charge is 2.41. The van der Waals surface area contributed by atoms with Crippen molar-refractivity contribution in [1.29, 1.82) is 0 Å². The second-order valence-corrected chi connectivity index (χ2v) is 5.92. The molecule has 0 bridgehead atoms. The number of hydrogen-bond acceptors (Lipinski definition) is 5. The van der Waals surface area contributed by atoms with Gasteiger partial charge in [0.1, 0.15) is 18.1 Å². The second-order valence-electron chi connectivity index (χ2n) is 5.06. The van der Waals surface area contributed by atoms with E-state index in [-0.39, 0.29) is 17.0 Å². The summed E-state index contributed by atoms with van der Waals surface area (Å²) in [7, 11) is 0. The van der Waals surface area contributed by atoms with Crippen LogP contribution in [0.2, 0.25) is 0 Å². The first-order valence-electron chi connectivity index (χ1n) is 5.65. The van der Waals surface area contributed by atoms with Gasteiger partial charge in [-0.2, -0.15) is 0 Å². The third-order valence-electron chi connectivity index (χ3n) is 3.08. The number of rotatable bonds is 3. The van der Waals surface area contributed by atoms with E-state index >= 15 is 0 Å². The number of nitrogens with zero attached hydrogens (tertiary/aromatic N) is 2. The van der Waals surface area contributed by atoms with Crippen LogP contribution in [0, 0.1) is 15.5 Å². The Morgan fingerprint density at radius 2 is 2.32 bits per heavy atom. The molecule has 7 nitrogen and oxygen atoms in total. The number of hydrogen-bond donors (Lipinski definition) is 2. The summed E-state index contributed by atoms with van der Waals surface area (Å²) < 4.78 is 0.456. The number of carbonyl (C=O) groups is 1. The van der Waals surface area contributed by atoms with Gasteiger partial charge >= 0.3 is 0 Å². The zero-order chi connectivity index (χ0) is 14.2. The summed E-state index contributed by atoms with van der Waals surface area (Å²) in [6, 6.07) is 0.938. The summed E-state index contributed by atoms with van der Waals surface area (Å²) >= 11 is 3.22. The fourth-order valence-electron chi connectivity index (χ4n) is 1.91. The molecule has 1 aliphatic heterocycles. The Labute approximate surface area is 118 Å². The molecule has 0 aliphatic carbocycles. The Balaban J connectivity index is 2.24. The lowest BCUT2D eigenvalue weighted by Crippen LogP contribution is -2.38. The van der Waals surface area contributed by atoms with E-state index in [4.69, 9.17) is 0 Å². The lowest BCUT2D eigenvalue weighted by molar-refractivity contribution is -0.385. The summed E-state index contributed by atoms with van der Waals surface area (Å²) in [5.74, 6) is 0.317. The van der Waals surface area contributed by atoms with Crippen LogP contribution < -0.4 is 10.6 Å². The molecule has 8 heteroatoms. The molecule has 2 rings (SSSR count). The predicted octanol–water partition coefficient (Wildman–Crippen LogP) is 1.69. The lowest BCUT2D eigenvalue weighted by atomic mass is 9.87. The molecule has 19 heavy (non-hydrogen) atoms. The van der Waals surface area contributed by atoms with Crippen molar-refractivity contribution in [3.8, 4) is 0 Å². The van der Waals surface area contributed by atoms with Gasteiger partial charge in [-0.05, 0) is 15.9 Å². The molecule has 1 amide bonds. The van der Waals surface area contributed by atoms with Gasteiger partial charge in [-0.25, -0.2) is 4.98 Å². The molecule has 1 aromatic rings. The second kappa shape index (κ2) is 4.76. The zero-order valence-electron chi connectivity index (χ0n) is 10.4. The van der Waals surface area contributed by atoms with Crippen molar-refractivity contribution in [3.63, 3.8) is 0 Å². The number of anilines is 1. The van der Waals surface area contributed by atoms with Crippen molar-refractivity contribution >= 4 is 33.3 Å². The fraction of sp³-hybridized carbons (Fsp3) is 0.455. The molecular weight excluding hydrogens is 316 g/mol. The van der Waals surface area contributed by atoms with Crippen LogP contribution in [0.5, 0.6) is 0 Å². The Morgan fingerprint density at radius 3 is 2.79 bits per heavy atom. The third kappa shape index (κ3) is 2.67. The van der Waals surface area contributed by atoms with Gasteiger partial charge in [0.25, 0.3) is 5.69 Å². The van der Waals surface area contributed by atoms with E-state index in [1.54, 1.807) is 0 Å². The smallest absolute Gasteiger partial charge is 0.288 e. The van der Waals surface area contributed by atoms with Crippen LogP contribution in [-0.4, -0.2) is 28.4 Å². The van der Waals surface area contributed by atoms with E-state index in [0.717, 1.165) is 6.20 Å². The molecule has 1 aromatic heterocycles. The minimum absolute atomic E-state index is 0.1000. The number of carbonyl (C=O) groups excluding carboxylic acids is 1. The first-order valence-corrected chi connectivity index (χ1v) is 6.45. The van der Waals surface area contributed by atoms with Crippen LogP contribution in [0.4, 0.5) is 11.5 Å². The van der Waals surface area contributed by atoms with E-state index in [9.17, 15) is 14.9 Å². The summed E-state index contributed by atoms with van der Waals surface area (Å²) in [4.78, 5) is 25.8. The predicted molar refractivity (Wildman–Crippen MR) is 72.8 cm³/mol. The summed E-state index contributed by atoms with van der Waals surface area (Å²) in [5.41, 5.74) is -0.354. The van der Waals surface area contributed by atoms with Gasteiger partial charge in [0.2, 0.25) is 5.91 Å². The zero-order valence-corrected chi connectivity index (χ0v) is 12.0. The molecule has 1 saturated heterocycles. The molecule has 0 spiro atoms. The minimum Gasteiger partial charge on any atom is -0.357 e. The molecule has 2 N–H and O–H groups in total. The number of halogens is 1. The molecule has 1 atom stereocenters. The molecule has 0 aromatic carbocycles. The van der Waals surface area contributed by atoms with Gasteiger partial charge in [-0.1, -0.05) is 13.8 Å². The van der Waals surface area contributed by atoms with Crippen molar-refractivity contribution in [2.24, 2.45) is 5.41 Å². The third-order valence-corrected chi connectivity index (χ3v) is 3.69. The van der Waals surface area contributed by atoms with Gasteiger partial charge < -0.3 is 10.6 Å². The molecule has 102 valence electrons. The Kier molecular flexibility index (Phi) is 3.44. The van der Waals surface area contributed by atoms with Crippen LogP contribution >= 0.6 is 15.9 Å². The normalized spacial score (nSPS) is 21.0. The van der Waals surface area contributed by atoms with Gasteiger partial charge in [0.05, 0.1) is 9.40 Å². The molecule has 0 radical (unpaired) electrons. The summed E-state index contributed by atoms with van der Waals surface area (Å²) in [6.45, 7) is 4.50. The number of aromatic nitrogens is 1. The number of pyridine rings is 1. The Bertz CT molecular complexity index is 547. The molecular formula is C11H13BrN4O3. The Hall–Kier alpha value is -1.70. The largest absolute Gasteiger partial charge is 0.357 e. The molecule has 2 heterocycles. The first kappa shape index (κ1) is 13.7. The highest BCUT2D eigenvalue weighted by molar-refractivity contribution is 9.10. The van der Waals surface area contributed by atoms with E-state index in [0.29, 0.717) is 16.8 Å². The van der Waals surface area contributed by atoms with E-state index < -0.39 is 11.0 Å². The van der Waals surface area contributed by atoms with Gasteiger partial charge in [0.15, 0.2) is 0 Å². The summed E-state index contributed by atoms with van der Waals surface area (Å²) in [5, 5.41) is 16.4. The van der Waals surface area contributed by atoms with Crippen molar-refractivity contribution < 1.29 is 9.72 Å². The van der Waals surface area contributed by atoms with Crippen molar-refractivity contribution in [1.82, 2.24) is 10.3 Å². The molecule has 0 saturated carbocycles. The molecule has 0 unspecified atom stereocenters. The molecule has 1 aliphatic rings. The van der Waals surface area contributed by atoms with E-state index in [1.807, 2.05) is 13.8 Å². The minimum atomic E-state index is -0.520. The van der Waals surface area contributed by atoms with Crippen LogP contribution in [0.15, 0.2) is 16.7 Å². The highest BCUT2D eigenvalue weighted by atomic mass is 79.9. The average Bonchev–Trinajstić information content (AvgIpc) is 2.58. The molecule has 1 fully saturated rings. The van der Waals surface area contributed by atoms with Crippen LogP contribution in [-0.2, 0) is 4.79 Å². The highest BCUT2D eigenvalue weighted by Crippen LogP contribution is 2.31. The maximum Gasteiger partial charge on any atom is 0.288 e. The first-order chi connectivity index (χ1) is 8.81. The van der Waals surface area contributed by atoms with Crippen LogP contribution in [0.25, 0.3) is 0 Å². The maximum atomic E-state index is 11.8. The SMILES string of the molecule is CC1(C)CNC(=O)[C@H]1Nc1ncc([N+](=O)[O-])cc1Br. The van der Waals surface area contributed by atoms with Crippen LogP contribution in [0.3, 0.4) is 0 Å². The number of nitrogens with one attached hydrogen (secondary N) is 2. The monoisotopic (exact) mass is 328 g/mol. The number of amides is 1. The maximum absolute atomic E-state index is 11.8. The van der Waals surface area contributed by atoms with E-state index in [2.05, 4.69) is 31.5 Å². The van der Waals surface area contributed by atoms with Crippen LogP contribution in [0.1, 0.15) is 13.8 Å². The van der Waals surface area contributed by atoms with Gasteiger partial charge in [-0.15, -0.1) is 0 Å². The van der Waals surface area contributed by atoms with Crippen molar-refractivity contribution in [3.05, 3.63) is 26.9 Å². The van der Waals surface area contributed by atoms with Gasteiger partial charge in [-0.3, -0.25) is 14.9 Å². The quantitative estimate of drug-likeness (QED) is 0.650. The van der Waals surface area contributed by atoms with E-state index in [1.165, 1.54) is 6.07 Å². The standard InChI is InChI=1S/C11H13BrN4O3/c1-11(2)5-14-10(17)8(11)15-9-7(12)3-6(4-13-9)16(18)19/h3-4,8H,5H2,1-2H3,(H,13,15)(H,14,17)/t8-/m1/s1. The van der Waals surface area contributed by atoms with Gasteiger partial charge in [0, 0.05) is 18.0 Å². The number of nitro groups is 1. The fourth-order valence-corrected chi connectivity index (χ4v) is 2.36. The van der Waals surface area contributed by atoms with Crippen molar-refractivity contribution in [2.45, 2.75) is 19.9 Å². The Morgan fingerprint density at radius 1 is 1.63 bits per heavy atom. The average molecular weight is 329 g/mol. The summed E-state index contributed by atoms with van der Waals surface area (Å²) in [6.07, 6.45) is 1.16.